The predicted octanol–water partition coefficient (Wildman–Crippen LogP) is 1.91. The van der Waals surface area contributed by atoms with Crippen molar-refractivity contribution in [1.29, 1.82) is 0 Å². The fraction of sp³-hybridized carbons (Fsp3) is 0.500. The first-order valence-corrected chi connectivity index (χ1v) is 3.99. The number of alkyl halides is 3. The van der Waals surface area contributed by atoms with E-state index in [1.165, 1.54) is 0 Å². The molecule has 0 spiro atoms. The molecule has 6 heteroatoms. The number of rotatable bonds is 1. The summed E-state index contributed by atoms with van der Waals surface area (Å²) in [6.45, 7) is 3.29. The summed E-state index contributed by atoms with van der Waals surface area (Å²) in [6.07, 6.45) is -4.52. The van der Waals surface area contributed by atoms with Crippen LogP contribution < -0.4 is 5.56 Å². The summed E-state index contributed by atoms with van der Waals surface area (Å²) < 4.78 is 36.5. The van der Waals surface area contributed by atoms with Gasteiger partial charge in [0.2, 0.25) is 0 Å². The number of aromatic amines is 1. The lowest BCUT2D eigenvalue weighted by molar-refractivity contribution is -0.141. The molecule has 3 nitrogen and oxygen atoms in total. The van der Waals surface area contributed by atoms with Crippen LogP contribution in [0.1, 0.15) is 31.0 Å². The normalized spacial score (nSPS) is 12.1. The van der Waals surface area contributed by atoms with Gasteiger partial charge >= 0.3 is 6.18 Å². The van der Waals surface area contributed by atoms with Gasteiger partial charge in [-0.3, -0.25) is 4.79 Å². The molecule has 0 saturated heterocycles. The lowest BCUT2D eigenvalue weighted by Crippen LogP contribution is -2.20. The van der Waals surface area contributed by atoms with Crippen LogP contribution in [0.15, 0.2) is 10.9 Å². The molecule has 0 aliphatic rings. The lowest BCUT2D eigenvalue weighted by atomic mass is 10.1. The van der Waals surface area contributed by atoms with Crippen molar-refractivity contribution in [1.82, 2.24) is 10.2 Å². The van der Waals surface area contributed by atoms with Gasteiger partial charge in [0.25, 0.3) is 5.56 Å². The molecular weight excluding hydrogens is 197 g/mol. The summed E-state index contributed by atoms with van der Waals surface area (Å²) in [6, 6.07) is 0.781. The Hall–Kier alpha value is -1.33. The van der Waals surface area contributed by atoms with Crippen molar-refractivity contribution in [2.24, 2.45) is 0 Å². The molecule has 1 aromatic heterocycles. The molecule has 0 amide bonds. The fourth-order valence-electron chi connectivity index (χ4n) is 0.995. The average molecular weight is 206 g/mol. The number of H-pyrrole nitrogens is 1. The Labute approximate surface area is 78.0 Å². The van der Waals surface area contributed by atoms with Crippen LogP contribution in [0.3, 0.4) is 0 Å². The summed E-state index contributed by atoms with van der Waals surface area (Å²) in [5.74, 6) is -0.261. The van der Waals surface area contributed by atoms with E-state index in [1.807, 2.05) is 5.10 Å². The van der Waals surface area contributed by atoms with E-state index in [0.717, 1.165) is 6.07 Å². The largest absolute Gasteiger partial charge is 0.435 e. The molecule has 1 N–H and O–H groups in total. The van der Waals surface area contributed by atoms with Crippen molar-refractivity contribution in [2.75, 3.05) is 0 Å². The highest BCUT2D eigenvalue weighted by Crippen LogP contribution is 2.27. The van der Waals surface area contributed by atoms with Gasteiger partial charge < -0.3 is 0 Å². The molecule has 0 aliphatic heterocycles. The van der Waals surface area contributed by atoms with Crippen molar-refractivity contribution in [3.63, 3.8) is 0 Å². The van der Waals surface area contributed by atoms with Gasteiger partial charge in [-0.1, -0.05) is 13.8 Å². The molecule has 0 aliphatic carbocycles. The fourth-order valence-corrected chi connectivity index (χ4v) is 0.995. The SMILES string of the molecule is CC(C)c1cc(C(F)(F)F)n[nH]c1=O. The van der Waals surface area contributed by atoms with Gasteiger partial charge in [-0.05, 0) is 12.0 Å². The maximum Gasteiger partial charge on any atom is 0.435 e. The van der Waals surface area contributed by atoms with E-state index in [1.54, 1.807) is 13.8 Å². The number of hydrogen-bond acceptors (Lipinski definition) is 2. The molecule has 0 saturated carbocycles. The predicted molar refractivity (Wildman–Crippen MR) is 43.9 cm³/mol. The minimum absolute atomic E-state index is 0.0901. The average Bonchev–Trinajstić information content (AvgIpc) is 2.02. The Bertz CT molecular complexity index is 381. The molecule has 1 heterocycles. The molecule has 0 fully saturated rings. The molecule has 0 aromatic carbocycles. The molecule has 1 rings (SSSR count). The van der Waals surface area contributed by atoms with E-state index in [0.29, 0.717) is 0 Å². The quantitative estimate of drug-likeness (QED) is 0.762. The van der Waals surface area contributed by atoms with Gasteiger partial charge in [-0.2, -0.15) is 18.3 Å². The number of aromatic nitrogens is 2. The highest BCUT2D eigenvalue weighted by atomic mass is 19.4. The van der Waals surface area contributed by atoms with E-state index >= 15 is 0 Å². The van der Waals surface area contributed by atoms with Crippen molar-refractivity contribution < 1.29 is 13.2 Å². The smallest absolute Gasteiger partial charge is 0.268 e. The van der Waals surface area contributed by atoms with Crippen LogP contribution in [0.4, 0.5) is 13.2 Å². The second-order valence-electron chi connectivity index (χ2n) is 3.19. The molecule has 0 atom stereocenters. The molecule has 0 unspecified atom stereocenters. The Kier molecular flexibility index (Phi) is 2.64. The summed E-state index contributed by atoms with van der Waals surface area (Å²) >= 11 is 0. The summed E-state index contributed by atoms with van der Waals surface area (Å²) in [5, 5.41) is 4.76. The van der Waals surface area contributed by atoms with Crippen LogP contribution >= 0.6 is 0 Å². The van der Waals surface area contributed by atoms with Gasteiger partial charge in [-0.15, -0.1) is 0 Å². The van der Waals surface area contributed by atoms with E-state index in [4.69, 9.17) is 0 Å². The number of nitrogens with zero attached hydrogens (tertiary/aromatic N) is 1. The third kappa shape index (κ3) is 2.12. The molecule has 0 bridgehead atoms. The molecule has 1 aromatic rings. The van der Waals surface area contributed by atoms with Crippen LogP contribution in [-0.4, -0.2) is 10.2 Å². The first kappa shape index (κ1) is 10.7. The maximum atomic E-state index is 12.2. The van der Waals surface area contributed by atoms with Gasteiger partial charge in [0, 0.05) is 5.56 Å². The van der Waals surface area contributed by atoms with E-state index < -0.39 is 17.4 Å². The van der Waals surface area contributed by atoms with Crippen LogP contribution in [0, 0.1) is 0 Å². The standard InChI is InChI=1S/C8H9F3N2O/c1-4(2)5-3-6(8(9,10)11)12-13-7(5)14/h3-4H,1-2H3,(H,13,14). The minimum Gasteiger partial charge on any atom is -0.268 e. The first-order chi connectivity index (χ1) is 6.32. The zero-order chi connectivity index (χ0) is 10.9. The highest BCUT2D eigenvalue weighted by Gasteiger charge is 2.33. The van der Waals surface area contributed by atoms with Crippen LogP contribution in [0.5, 0.6) is 0 Å². The van der Waals surface area contributed by atoms with Crippen molar-refractivity contribution >= 4 is 0 Å². The highest BCUT2D eigenvalue weighted by molar-refractivity contribution is 5.18. The zero-order valence-corrected chi connectivity index (χ0v) is 7.64. The Balaban J connectivity index is 3.27. The number of hydrogen-bond donors (Lipinski definition) is 1. The monoisotopic (exact) mass is 206 g/mol. The number of halogens is 3. The van der Waals surface area contributed by atoms with E-state index in [2.05, 4.69) is 5.10 Å². The Morgan fingerprint density at radius 1 is 1.43 bits per heavy atom. The Morgan fingerprint density at radius 2 is 2.00 bits per heavy atom. The second kappa shape index (κ2) is 3.43. The number of nitrogens with one attached hydrogen (secondary N) is 1. The Morgan fingerprint density at radius 3 is 2.43 bits per heavy atom. The van der Waals surface area contributed by atoms with Gasteiger partial charge in [0.05, 0.1) is 0 Å². The van der Waals surface area contributed by atoms with Crippen LogP contribution in [0.2, 0.25) is 0 Å². The molecule has 14 heavy (non-hydrogen) atoms. The molecule has 0 radical (unpaired) electrons. The lowest BCUT2D eigenvalue weighted by Gasteiger charge is -2.08. The maximum absolute atomic E-state index is 12.2. The van der Waals surface area contributed by atoms with E-state index in [-0.39, 0.29) is 11.5 Å². The summed E-state index contributed by atoms with van der Waals surface area (Å²) in [5.41, 5.74) is -1.55. The van der Waals surface area contributed by atoms with Crippen molar-refractivity contribution in [3.05, 3.63) is 27.7 Å². The topological polar surface area (TPSA) is 45.8 Å². The van der Waals surface area contributed by atoms with E-state index in [9.17, 15) is 18.0 Å². The van der Waals surface area contributed by atoms with Gasteiger partial charge in [0.15, 0.2) is 5.69 Å². The minimum atomic E-state index is -4.52. The first-order valence-electron chi connectivity index (χ1n) is 3.99. The van der Waals surface area contributed by atoms with Gasteiger partial charge in [-0.25, -0.2) is 5.10 Å². The van der Waals surface area contributed by atoms with Crippen LogP contribution in [-0.2, 0) is 6.18 Å². The second-order valence-corrected chi connectivity index (χ2v) is 3.19. The summed E-state index contributed by atoms with van der Waals surface area (Å²) in [4.78, 5) is 11.1. The van der Waals surface area contributed by atoms with Crippen LogP contribution in [0.25, 0.3) is 0 Å². The zero-order valence-electron chi connectivity index (χ0n) is 7.64. The molecular formula is C8H9F3N2O. The van der Waals surface area contributed by atoms with Crippen molar-refractivity contribution in [2.45, 2.75) is 25.9 Å². The molecule has 78 valence electrons. The summed E-state index contributed by atoms with van der Waals surface area (Å²) in [7, 11) is 0. The van der Waals surface area contributed by atoms with Gasteiger partial charge in [0.1, 0.15) is 0 Å². The third-order valence-corrected chi connectivity index (χ3v) is 1.74. The van der Waals surface area contributed by atoms with Crippen molar-refractivity contribution in [3.8, 4) is 0 Å². The third-order valence-electron chi connectivity index (χ3n) is 1.74.